The van der Waals surface area contributed by atoms with Gasteiger partial charge in [0.2, 0.25) is 0 Å². The molecular weight excluding hydrogens is 464 g/mol. The quantitative estimate of drug-likeness (QED) is 0.485. The van der Waals surface area contributed by atoms with Crippen LogP contribution in [0.25, 0.3) is 0 Å². The van der Waals surface area contributed by atoms with Crippen LogP contribution >= 0.6 is 33.8 Å². The highest BCUT2D eigenvalue weighted by Crippen LogP contribution is 2.50. The molecule has 0 aliphatic carbocycles. The summed E-state index contributed by atoms with van der Waals surface area (Å²) in [6.45, 7) is 0. The number of fused-ring (bicyclic) bond motifs is 1. The van der Waals surface area contributed by atoms with Crippen LogP contribution < -0.4 is 25.0 Å². The molecule has 31 heavy (non-hydrogen) atoms. The highest BCUT2D eigenvalue weighted by Gasteiger charge is 2.49. The molecule has 0 saturated carbocycles. The van der Waals surface area contributed by atoms with Gasteiger partial charge in [-0.3, -0.25) is 9.69 Å². The van der Waals surface area contributed by atoms with E-state index in [1.54, 1.807) is 30.2 Å². The first-order valence-corrected chi connectivity index (χ1v) is 11.7. The minimum Gasteiger partial charge on any atom is -0.497 e. The van der Waals surface area contributed by atoms with Gasteiger partial charge in [0.05, 0.1) is 25.2 Å². The van der Waals surface area contributed by atoms with E-state index >= 15 is 0 Å². The molecule has 2 aromatic carbocycles. The van der Waals surface area contributed by atoms with Gasteiger partial charge >= 0.3 is 0 Å². The summed E-state index contributed by atoms with van der Waals surface area (Å²) >= 11 is 5.29. The number of carbonyl (C=O) groups excluding carboxylic acids is 1. The number of methoxy groups -OCH3 is 2. The van der Waals surface area contributed by atoms with Crippen molar-refractivity contribution in [3.8, 4) is 11.5 Å². The van der Waals surface area contributed by atoms with Gasteiger partial charge in [-0.05, 0) is 36.5 Å². The van der Waals surface area contributed by atoms with Gasteiger partial charge in [-0.1, -0.05) is 21.6 Å². The Morgan fingerprint density at radius 2 is 1.87 bits per heavy atom. The summed E-state index contributed by atoms with van der Waals surface area (Å²) in [5, 5.41) is 7.53. The van der Waals surface area contributed by atoms with Gasteiger partial charge in [0.15, 0.2) is 5.11 Å². The lowest BCUT2D eigenvalue weighted by molar-refractivity contribution is -0.118. The third-order valence-corrected chi connectivity index (χ3v) is 7.34. The highest BCUT2D eigenvalue weighted by molar-refractivity contribution is 8.78. The van der Waals surface area contributed by atoms with E-state index in [1.807, 2.05) is 5.41 Å². The Hall–Kier alpha value is -2.50. The first-order chi connectivity index (χ1) is 14.9. The summed E-state index contributed by atoms with van der Waals surface area (Å²) < 4.78 is 37.6. The lowest BCUT2D eigenvalue weighted by Gasteiger charge is -2.21. The molecule has 2 aliphatic heterocycles. The molecule has 1 saturated heterocycles. The highest BCUT2D eigenvalue weighted by atomic mass is 33.1. The Balaban J connectivity index is 1.57. The van der Waals surface area contributed by atoms with Gasteiger partial charge in [-0.25, -0.2) is 8.78 Å². The topological polar surface area (TPSA) is 62.8 Å². The van der Waals surface area contributed by atoms with Gasteiger partial charge in [-0.15, -0.1) is 0 Å². The smallest absolute Gasteiger partial charge is 0.255 e. The summed E-state index contributed by atoms with van der Waals surface area (Å²) in [6, 6.07) is 7.55. The number of nitrogens with zero attached hydrogens (tertiary/aromatic N) is 1. The van der Waals surface area contributed by atoms with Gasteiger partial charge in [0.25, 0.3) is 5.91 Å². The van der Waals surface area contributed by atoms with Gasteiger partial charge in [0, 0.05) is 28.9 Å². The number of hydrogen-bond donors (Lipinski definition) is 2. The van der Waals surface area contributed by atoms with Crippen molar-refractivity contribution in [1.29, 1.82) is 0 Å². The van der Waals surface area contributed by atoms with Crippen molar-refractivity contribution in [2.75, 3.05) is 24.4 Å². The van der Waals surface area contributed by atoms with Gasteiger partial charge < -0.3 is 20.1 Å². The van der Waals surface area contributed by atoms with Crippen molar-refractivity contribution < 1.29 is 23.0 Å². The van der Waals surface area contributed by atoms with E-state index in [0.717, 1.165) is 23.9 Å². The molecule has 1 amide bonds. The summed E-state index contributed by atoms with van der Waals surface area (Å²) in [5.74, 6) is -0.579. The fraction of sp³-hybridized carbons (Fsp3) is 0.200. The van der Waals surface area contributed by atoms with Crippen LogP contribution in [-0.2, 0) is 4.79 Å². The SMILES string of the molecule is COc1ccc(N2C(=O)C(NC(=S)Nc3cc(F)cc(F)c3)C3SSC=C32)c(OC)c1. The molecule has 0 radical (unpaired) electrons. The maximum absolute atomic E-state index is 13.4. The normalized spacial score (nSPS) is 19.7. The predicted molar refractivity (Wildman–Crippen MR) is 124 cm³/mol. The second-order valence-corrected chi connectivity index (χ2v) is 9.29. The molecule has 162 valence electrons. The molecule has 0 aromatic heterocycles. The standard InChI is InChI=1S/C20H17F2N3O3S3/c1-27-13-3-4-14(16(8-13)28-2)25-15-9-30-31-18(15)17(19(25)26)24-20(29)23-12-6-10(21)5-11(22)7-12/h3-9,17-18H,1-2H3,(H2,23,24,29). The van der Waals surface area contributed by atoms with Crippen molar-refractivity contribution in [3.63, 3.8) is 0 Å². The first kappa shape index (κ1) is 21.7. The van der Waals surface area contributed by atoms with Crippen molar-refractivity contribution in [1.82, 2.24) is 5.32 Å². The molecule has 2 atom stereocenters. The molecule has 2 N–H and O–H groups in total. The lowest BCUT2D eigenvalue weighted by Crippen LogP contribution is -2.46. The van der Waals surface area contributed by atoms with E-state index < -0.39 is 17.7 Å². The Morgan fingerprint density at radius 3 is 2.55 bits per heavy atom. The average molecular weight is 482 g/mol. The minimum absolute atomic E-state index is 0.0868. The molecule has 11 heteroatoms. The number of halogens is 2. The molecule has 4 rings (SSSR count). The van der Waals surface area contributed by atoms with Gasteiger partial charge in [-0.2, -0.15) is 0 Å². The van der Waals surface area contributed by atoms with Crippen molar-refractivity contribution >= 4 is 56.2 Å². The maximum Gasteiger partial charge on any atom is 0.255 e. The molecule has 0 spiro atoms. The minimum atomic E-state index is -0.729. The number of anilines is 2. The van der Waals surface area contributed by atoms with Crippen LogP contribution in [0.15, 0.2) is 47.5 Å². The predicted octanol–water partition coefficient (Wildman–Crippen LogP) is 4.29. The maximum atomic E-state index is 13.4. The van der Waals surface area contributed by atoms with Crippen molar-refractivity contribution in [2.45, 2.75) is 11.3 Å². The molecule has 2 unspecified atom stereocenters. The van der Waals surface area contributed by atoms with E-state index in [1.165, 1.54) is 28.7 Å². The molecule has 2 aliphatic rings. The van der Waals surface area contributed by atoms with Gasteiger partial charge in [0.1, 0.15) is 29.2 Å². The Labute approximate surface area is 190 Å². The fourth-order valence-corrected chi connectivity index (χ4v) is 6.23. The number of carbonyl (C=O) groups is 1. The number of hydrogen-bond acceptors (Lipinski definition) is 6. The lowest BCUT2D eigenvalue weighted by atomic mass is 10.2. The first-order valence-electron chi connectivity index (χ1n) is 9.03. The van der Waals surface area contributed by atoms with Crippen LogP contribution in [0.1, 0.15) is 0 Å². The number of nitrogens with one attached hydrogen (secondary N) is 2. The second kappa shape index (κ2) is 8.93. The van der Waals surface area contributed by atoms with Crippen LogP contribution in [0.3, 0.4) is 0 Å². The second-order valence-electron chi connectivity index (χ2n) is 6.60. The Bertz CT molecular complexity index is 1060. The average Bonchev–Trinajstić information content (AvgIpc) is 3.29. The Morgan fingerprint density at radius 1 is 1.13 bits per heavy atom. The van der Waals surface area contributed by atoms with E-state index in [2.05, 4.69) is 10.6 Å². The third-order valence-electron chi connectivity index (χ3n) is 4.70. The monoisotopic (exact) mass is 481 g/mol. The zero-order valence-corrected chi connectivity index (χ0v) is 18.8. The molecule has 2 heterocycles. The van der Waals surface area contributed by atoms with E-state index in [9.17, 15) is 13.6 Å². The van der Waals surface area contributed by atoms with E-state index in [4.69, 9.17) is 21.7 Å². The van der Waals surface area contributed by atoms with Crippen LogP contribution in [0.4, 0.5) is 20.2 Å². The van der Waals surface area contributed by atoms with E-state index in [0.29, 0.717) is 17.2 Å². The number of benzene rings is 2. The summed E-state index contributed by atoms with van der Waals surface area (Å²) in [7, 11) is 6.12. The number of ether oxygens (including phenoxy) is 2. The summed E-state index contributed by atoms with van der Waals surface area (Å²) in [5.41, 5.74) is 1.54. The zero-order valence-electron chi connectivity index (χ0n) is 16.3. The largest absolute Gasteiger partial charge is 0.497 e. The molecular formula is C20H17F2N3O3S3. The summed E-state index contributed by atoms with van der Waals surface area (Å²) in [6.07, 6.45) is 0. The van der Waals surface area contributed by atoms with E-state index in [-0.39, 0.29) is 22.0 Å². The Kier molecular flexibility index (Phi) is 6.26. The number of thiocarbonyl (C=S) groups is 1. The molecule has 1 fully saturated rings. The van der Waals surface area contributed by atoms with Crippen LogP contribution in [0, 0.1) is 11.6 Å². The fourth-order valence-electron chi connectivity index (χ4n) is 3.35. The van der Waals surface area contributed by atoms with Crippen molar-refractivity contribution in [3.05, 3.63) is 59.1 Å². The number of amides is 1. The van der Waals surface area contributed by atoms with Crippen molar-refractivity contribution in [2.24, 2.45) is 0 Å². The molecule has 2 aromatic rings. The van der Waals surface area contributed by atoms with Crippen LogP contribution in [0.5, 0.6) is 11.5 Å². The zero-order chi connectivity index (χ0) is 22.1. The third kappa shape index (κ3) is 4.30. The van der Waals surface area contributed by atoms with Crippen LogP contribution in [-0.4, -0.2) is 36.5 Å². The van der Waals surface area contributed by atoms with Crippen LogP contribution in [0.2, 0.25) is 0 Å². The molecule has 0 bridgehead atoms. The molecule has 6 nitrogen and oxygen atoms in total. The summed E-state index contributed by atoms with van der Waals surface area (Å²) in [4.78, 5) is 14.9. The number of rotatable bonds is 5.